The SMILES string of the molecule is C.C.[Ca+2].[Mg+2].[OH-].[OH-].[OH-].[OH-]. The Balaban J connectivity index is 0. The van der Waals surface area contributed by atoms with E-state index in [1.54, 1.807) is 0 Å². The zero-order valence-corrected chi connectivity index (χ0v) is 6.83. The van der Waals surface area contributed by atoms with Crippen molar-refractivity contribution in [2.45, 2.75) is 14.9 Å². The predicted molar refractivity (Wildman–Crippen MR) is 32.7 cm³/mol. The Kier molecular flexibility index (Phi) is 4390. The molecule has 0 spiro atoms. The molecule has 0 saturated carbocycles. The first-order valence-electron chi connectivity index (χ1n) is 0. The third-order valence-electron chi connectivity index (χ3n) is 0. The molecule has 0 heterocycles. The Bertz CT molecular complexity index is 14.0. The molecule has 0 aromatic carbocycles. The van der Waals surface area contributed by atoms with Crippen LogP contribution in [0, 0.1) is 0 Å². The van der Waals surface area contributed by atoms with Gasteiger partial charge in [-0.2, -0.15) is 0 Å². The molecule has 0 bridgehead atoms. The topological polar surface area (TPSA) is 120 Å². The fourth-order valence-corrected chi connectivity index (χ4v) is 0. The summed E-state index contributed by atoms with van der Waals surface area (Å²) in [4.78, 5) is 0. The van der Waals surface area contributed by atoms with Crippen molar-refractivity contribution < 1.29 is 21.9 Å². The maximum Gasteiger partial charge on any atom is 2.00 e. The summed E-state index contributed by atoms with van der Waals surface area (Å²) in [5, 5.41) is 0. The fraction of sp³-hybridized carbons (Fsp3) is 1.00. The summed E-state index contributed by atoms with van der Waals surface area (Å²) in [7, 11) is 0. The van der Waals surface area contributed by atoms with Gasteiger partial charge in [-0.1, -0.05) is 14.9 Å². The van der Waals surface area contributed by atoms with E-state index in [0.717, 1.165) is 0 Å². The number of rotatable bonds is 0. The number of hydrogen-bond acceptors (Lipinski definition) is 4. The van der Waals surface area contributed by atoms with Crippen molar-refractivity contribution in [3.8, 4) is 0 Å². The van der Waals surface area contributed by atoms with E-state index in [2.05, 4.69) is 0 Å². The van der Waals surface area contributed by atoms with Gasteiger partial charge in [0, 0.05) is 0 Å². The molecule has 0 atom stereocenters. The average molecular weight is 164 g/mol. The van der Waals surface area contributed by atoms with Crippen molar-refractivity contribution in [3.63, 3.8) is 0 Å². The van der Waals surface area contributed by atoms with Gasteiger partial charge in [-0.15, -0.1) is 0 Å². The molecule has 4 nitrogen and oxygen atoms in total. The third kappa shape index (κ3) is 106. The van der Waals surface area contributed by atoms with Gasteiger partial charge in [0.2, 0.25) is 0 Å². The minimum atomic E-state index is 0. The van der Waals surface area contributed by atoms with Crippen LogP contribution < -0.4 is 0 Å². The van der Waals surface area contributed by atoms with Gasteiger partial charge in [0.05, 0.1) is 0 Å². The normalized spacial score (nSPS) is 0. The summed E-state index contributed by atoms with van der Waals surface area (Å²) in [6.07, 6.45) is 0. The Morgan fingerprint density at radius 1 is 0.500 bits per heavy atom. The largest absolute Gasteiger partial charge is 2.00 e. The molecule has 0 aromatic rings. The van der Waals surface area contributed by atoms with Gasteiger partial charge in [-0.25, -0.2) is 0 Å². The third-order valence-corrected chi connectivity index (χ3v) is 0. The second kappa shape index (κ2) is 158. The number of hydrogen-bond donors (Lipinski definition) is 0. The summed E-state index contributed by atoms with van der Waals surface area (Å²) in [5.74, 6) is 0. The summed E-state index contributed by atoms with van der Waals surface area (Å²) < 4.78 is 0. The van der Waals surface area contributed by atoms with Gasteiger partial charge in [-0.05, 0) is 0 Å². The van der Waals surface area contributed by atoms with Crippen molar-refractivity contribution >= 4 is 60.8 Å². The molecule has 6 heteroatoms. The van der Waals surface area contributed by atoms with Crippen LogP contribution in [0.1, 0.15) is 14.9 Å². The zero-order valence-electron chi connectivity index (χ0n) is 3.20. The van der Waals surface area contributed by atoms with Gasteiger partial charge >= 0.3 is 60.8 Å². The second-order valence-electron chi connectivity index (χ2n) is 0. The van der Waals surface area contributed by atoms with E-state index >= 15 is 0 Å². The minimum Gasteiger partial charge on any atom is -0.870 e. The first-order valence-corrected chi connectivity index (χ1v) is 0. The van der Waals surface area contributed by atoms with Gasteiger partial charge in [0.25, 0.3) is 0 Å². The molecule has 0 fully saturated rings. The van der Waals surface area contributed by atoms with Crippen LogP contribution in [0.4, 0.5) is 0 Å². The quantitative estimate of drug-likeness (QED) is 0.460. The average Bonchev–Trinajstić information content (AvgIpc) is 0. The van der Waals surface area contributed by atoms with Crippen molar-refractivity contribution in [3.05, 3.63) is 0 Å². The maximum absolute atomic E-state index is 0. The van der Waals surface area contributed by atoms with Gasteiger partial charge in [0.1, 0.15) is 0 Å². The zero-order chi connectivity index (χ0) is 0. The van der Waals surface area contributed by atoms with Crippen LogP contribution in [0.2, 0.25) is 0 Å². The summed E-state index contributed by atoms with van der Waals surface area (Å²) in [6, 6.07) is 0. The Morgan fingerprint density at radius 3 is 0.500 bits per heavy atom. The van der Waals surface area contributed by atoms with E-state index in [0.29, 0.717) is 0 Å². The molecule has 0 radical (unpaired) electrons. The van der Waals surface area contributed by atoms with Crippen molar-refractivity contribution in [1.29, 1.82) is 0 Å². The molecule has 8 heavy (non-hydrogen) atoms. The van der Waals surface area contributed by atoms with E-state index in [-0.39, 0.29) is 97.5 Å². The summed E-state index contributed by atoms with van der Waals surface area (Å²) in [6.45, 7) is 0. The van der Waals surface area contributed by atoms with Gasteiger partial charge < -0.3 is 21.9 Å². The molecule has 0 saturated heterocycles. The van der Waals surface area contributed by atoms with Crippen LogP contribution in [-0.2, 0) is 0 Å². The van der Waals surface area contributed by atoms with Crippen molar-refractivity contribution in [2.24, 2.45) is 0 Å². The molecule has 0 amide bonds. The molecule has 0 aliphatic heterocycles. The minimum absolute atomic E-state index is 0. The molecule has 0 aliphatic carbocycles. The van der Waals surface area contributed by atoms with Gasteiger partial charge in [-0.3, -0.25) is 0 Å². The van der Waals surface area contributed by atoms with Crippen LogP contribution in [-0.4, -0.2) is 82.7 Å². The first-order chi connectivity index (χ1) is 0. The Morgan fingerprint density at radius 2 is 0.500 bits per heavy atom. The Labute approximate surface area is 96.4 Å². The molecule has 0 rings (SSSR count). The first kappa shape index (κ1) is 223. The Hall–Kier alpha value is 1.87. The molecular weight excluding hydrogens is 152 g/mol. The van der Waals surface area contributed by atoms with Crippen LogP contribution in [0.25, 0.3) is 0 Å². The molecule has 0 aliphatic rings. The smallest absolute Gasteiger partial charge is 0.870 e. The summed E-state index contributed by atoms with van der Waals surface area (Å²) in [5.41, 5.74) is 0. The maximum atomic E-state index is 0. The van der Waals surface area contributed by atoms with Gasteiger partial charge in [0.15, 0.2) is 0 Å². The van der Waals surface area contributed by atoms with Crippen molar-refractivity contribution in [2.75, 3.05) is 0 Å². The van der Waals surface area contributed by atoms with Crippen LogP contribution >= 0.6 is 0 Å². The van der Waals surface area contributed by atoms with Crippen LogP contribution in [0.15, 0.2) is 0 Å². The second-order valence-corrected chi connectivity index (χ2v) is 0. The molecule has 0 aromatic heterocycles. The molecule has 4 N–H and O–H groups in total. The fourth-order valence-electron chi connectivity index (χ4n) is 0. The van der Waals surface area contributed by atoms with E-state index < -0.39 is 0 Å². The van der Waals surface area contributed by atoms with Crippen molar-refractivity contribution in [1.82, 2.24) is 0 Å². The molecule has 0 unspecified atom stereocenters. The molecule has 48 valence electrons. The van der Waals surface area contributed by atoms with E-state index in [4.69, 9.17) is 0 Å². The predicted octanol–water partition coefficient (Wildman–Crippen LogP) is -0.197. The standard InChI is InChI=1S/2CH4.Ca.Mg.4H2O/h2*1H4;;;4*1H2/q;;2*+2;;;;/p-4. The van der Waals surface area contributed by atoms with E-state index in [1.807, 2.05) is 0 Å². The van der Waals surface area contributed by atoms with E-state index in [9.17, 15) is 0 Å². The molecular formula is C2H12CaMgO4. The van der Waals surface area contributed by atoms with E-state index in [1.165, 1.54) is 0 Å². The van der Waals surface area contributed by atoms with Crippen LogP contribution in [0.3, 0.4) is 0 Å². The monoisotopic (exact) mass is 164 g/mol. The van der Waals surface area contributed by atoms with Crippen LogP contribution in [0.5, 0.6) is 0 Å². The summed E-state index contributed by atoms with van der Waals surface area (Å²) >= 11 is 0.